The van der Waals surface area contributed by atoms with Gasteiger partial charge < -0.3 is 19.8 Å². The summed E-state index contributed by atoms with van der Waals surface area (Å²) < 4.78 is 7.55. The second-order valence-corrected chi connectivity index (χ2v) is 6.90. The molecule has 4 rings (SSSR count). The quantitative estimate of drug-likeness (QED) is 0.737. The van der Waals surface area contributed by atoms with E-state index in [2.05, 4.69) is 20.6 Å². The maximum Gasteiger partial charge on any atom is 0.254 e. The Bertz CT molecular complexity index is 944. The molecular weight excluding hydrogens is 330 g/mol. The van der Waals surface area contributed by atoms with Crippen LogP contribution in [0.4, 0.5) is 5.82 Å². The minimum atomic E-state index is -0.124. The lowest BCUT2D eigenvalue weighted by molar-refractivity contribution is 0.0860. The summed E-state index contributed by atoms with van der Waals surface area (Å²) in [6.07, 6.45) is 5.58. The van der Waals surface area contributed by atoms with Crippen molar-refractivity contribution in [2.45, 2.75) is 38.8 Å². The summed E-state index contributed by atoms with van der Waals surface area (Å²) in [6.45, 7) is 5.38. The maximum atomic E-state index is 13.1. The molecule has 7 nitrogen and oxygen atoms in total. The van der Waals surface area contributed by atoms with Crippen LogP contribution < -0.4 is 10.6 Å². The second kappa shape index (κ2) is 6.92. The number of nitrogens with zero attached hydrogens (tertiary/aromatic N) is 3. The SMILES string of the molecule is CC(C)Nc1ncnc2c1c(C(=O)NC[C@H]1CCCO1)c1ccccn12. The largest absolute Gasteiger partial charge is 0.376 e. The Balaban J connectivity index is 1.80. The third kappa shape index (κ3) is 2.99. The van der Waals surface area contributed by atoms with Gasteiger partial charge in [-0.25, -0.2) is 9.97 Å². The second-order valence-electron chi connectivity index (χ2n) is 6.90. The van der Waals surface area contributed by atoms with Gasteiger partial charge in [0.2, 0.25) is 0 Å². The van der Waals surface area contributed by atoms with Crippen LogP contribution in [-0.4, -0.2) is 45.6 Å². The van der Waals surface area contributed by atoms with E-state index in [-0.39, 0.29) is 18.1 Å². The number of carbonyl (C=O) groups is 1. The lowest BCUT2D eigenvalue weighted by atomic mass is 10.1. The van der Waals surface area contributed by atoms with Crippen LogP contribution >= 0.6 is 0 Å². The molecule has 26 heavy (non-hydrogen) atoms. The van der Waals surface area contributed by atoms with Crippen LogP contribution in [0.15, 0.2) is 30.7 Å². The van der Waals surface area contributed by atoms with Gasteiger partial charge in [0.1, 0.15) is 12.1 Å². The Labute approximate surface area is 151 Å². The number of carbonyl (C=O) groups excluding carboxylic acids is 1. The molecule has 1 atom stereocenters. The van der Waals surface area contributed by atoms with E-state index in [9.17, 15) is 4.79 Å². The van der Waals surface area contributed by atoms with E-state index in [4.69, 9.17) is 4.74 Å². The van der Waals surface area contributed by atoms with Crippen LogP contribution in [0.2, 0.25) is 0 Å². The lowest BCUT2D eigenvalue weighted by Gasteiger charge is -2.12. The molecule has 3 aromatic heterocycles. The van der Waals surface area contributed by atoms with Crippen molar-refractivity contribution in [3.05, 3.63) is 36.3 Å². The zero-order chi connectivity index (χ0) is 18.1. The summed E-state index contributed by atoms with van der Waals surface area (Å²) in [5.41, 5.74) is 2.14. The van der Waals surface area contributed by atoms with Crippen molar-refractivity contribution in [2.24, 2.45) is 0 Å². The first-order valence-electron chi connectivity index (χ1n) is 9.05. The average Bonchev–Trinajstić information content (AvgIpc) is 3.26. The van der Waals surface area contributed by atoms with Crippen molar-refractivity contribution < 1.29 is 9.53 Å². The summed E-state index contributed by atoms with van der Waals surface area (Å²) >= 11 is 0. The lowest BCUT2D eigenvalue weighted by Crippen LogP contribution is -2.31. The van der Waals surface area contributed by atoms with E-state index in [1.807, 2.05) is 42.6 Å². The fraction of sp³-hybridized carbons (Fsp3) is 0.421. The Morgan fingerprint density at radius 1 is 1.38 bits per heavy atom. The standard InChI is InChI=1S/C19H23N5O2/c1-12(2)23-17-16-15(19(25)20-10-13-6-5-9-26-13)14-7-3-4-8-24(14)18(16)22-11-21-17/h3-4,7-8,11-13H,5-6,9-10H2,1-2H3,(H,20,25)(H,21,22,23)/t13-/m1/s1. The first kappa shape index (κ1) is 16.8. The van der Waals surface area contributed by atoms with Gasteiger partial charge in [-0.15, -0.1) is 0 Å². The van der Waals surface area contributed by atoms with E-state index >= 15 is 0 Å². The molecule has 0 spiro atoms. The molecular formula is C19H23N5O2. The number of amides is 1. The summed E-state index contributed by atoms with van der Waals surface area (Å²) in [7, 11) is 0. The third-order valence-electron chi connectivity index (χ3n) is 4.59. The van der Waals surface area contributed by atoms with Gasteiger partial charge in [0.25, 0.3) is 5.91 Å². The maximum absolute atomic E-state index is 13.1. The molecule has 0 unspecified atom stereocenters. The number of anilines is 1. The van der Waals surface area contributed by atoms with Gasteiger partial charge in [-0.05, 0) is 38.8 Å². The summed E-state index contributed by atoms with van der Waals surface area (Å²) in [5, 5.41) is 7.11. The number of hydrogen-bond acceptors (Lipinski definition) is 5. The van der Waals surface area contributed by atoms with Gasteiger partial charge in [-0.1, -0.05) is 6.07 Å². The summed E-state index contributed by atoms with van der Waals surface area (Å²) in [6, 6.07) is 5.98. The highest BCUT2D eigenvalue weighted by molar-refractivity contribution is 6.16. The zero-order valence-corrected chi connectivity index (χ0v) is 15.0. The van der Waals surface area contributed by atoms with Crippen molar-refractivity contribution in [2.75, 3.05) is 18.5 Å². The first-order chi connectivity index (χ1) is 12.6. The van der Waals surface area contributed by atoms with E-state index in [0.29, 0.717) is 17.9 Å². The number of nitrogens with one attached hydrogen (secondary N) is 2. The topological polar surface area (TPSA) is 80.5 Å². The van der Waals surface area contributed by atoms with Crippen LogP contribution in [-0.2, 0) is 4.74 Å². The van der Waals surface area contributed by atoms with Gasteiger partial charge >= 0.3 is 0 Å². The molecule has 0 saturated carbocycles. The summed E-state index contributed by atoms with van der Waals surface area (Å²) in [5.74, 6) is 0.553. The molecule has 1 fully saturated rings. The molecule has 1 saturated heterocycles. The monoisotopic (exact) mass is 353 g/mol. The van der Waals surface area contributed by atoms with Crippen molar-refractivity contribution in [1.82, 2.24) is 19.7 Å². The fourth-order valence-corrected chi connectivity index (χ4v) is 3.46. The minimum Gasteiger partial charge on any atom is -0.376 e. The van der Waals surface area contributed by atoms with Gasteiger partial charge in [0.15, 0.2) is 5.65 Å². The Kier molecular flexibility index (Phi) is 4.46. The molecule has 3 aromatic rings. The Hall–Kier alpha value is -2.67. The van der Waals surface area contributed by atoms with Crippen LogP contribution in [0.3, 0.4) is 0 Å². The first-order valence-corrected chi connectivity index (χ1v) is 9.05. The van der Waals surface area contributed by atoms with Gasteiger partial charge in [0, 0.05) is 25.4 Å². The minimum absolute atomic E-state index is 0.101. The molecule has 1 aliphatic rings. The highest BCUT2D eigenvalue weighted by Crippen LogP contribution is 2.30. The normalized spacial score (nSPS) is 17.3. The molecule has 0 aromatic carbocycles. The van der Waals surface area contributed by atoms with Crippen LogP contribution in [0.5, 0.6) is 0 Å². The number of pyridine rings is 1. The van der Waals surface area contributed by atoms with E-state index in [0.717, 1.165) is 36.0 Å². The van der Waals surface area contributed by atoms with Gasteiger partial charge in [0.05, 0.1) is 22.6 Å². The number of ether oxygens (including phenoxy) is 1. The Morgan fingerprint density at radius 2 is 2.27 bits per heavy atom. The van der Waals surface area contributed by atoms with Gasteiger partial charge in [-0.3, -0.25) is 4.79 Å². The zero-order valence-electron chi connectivity index (χ0n) is 15.0. The van der Waals surface area contributed by atoms with Crippen LogP contribution in [0.25, 0.3) is 16.6 Å². The predicted molar refractivity (Wildman–Crippen MR) is 101 cm³/mol. The van der Waals surface area contributed by atoms with Crippen LogP contribution in [0.1, 0.15) is 37.0 Å². The van der Waals surface area contributed by atoms with Crippen molar-refractivity contribution in [3.63, 3.8) is 0 Å². The molecule has 4 heterocycles. The Morgan fingerprint density at radius 3 is 3.04 bits per heavy atom. The highest BCUT2D eigenvalue weighted by atomic mass is 16.5. The van der Waals surface area contributed by atoms with E-state index in [1.54, 1.807) is 0 Å². The van der Waals surface area contributed by atoms with E-state index < -0.39 is 0 Å². The smallest absolute Gasteiger partial charge is 0.254 e. The fourth-order valence-electron chi connectivity index (χ4n) is 3.46. The van der Waals surface area contributed by atoms with Gasteiger partial charge in [-0.2, -0.15) is 0 Å². The number of hydrogen-bond donors (Lipinski definition) is 2. The number of rotatable bonds is 5. The van der Waals surface area contributed by atoms with Crippen LogP contribution in [0, 0.1) is 0 Å². The molecule has 2 N–H and O–H groups in total. The molecule has 136 valence electrons. The molecule has 0 radical (unpaired) electrons. The molecule has 7 heteroatoms. The van der Waals surface area contributed by atoms with Crippen molar-refractivity contribution in [1.29, 1.82) is 0 Å². The molecule has 0 aliphatic carbocycles. The number of aromatic nitrogens is 3. The van der Waals surface area contributed by atoms with Crippen molar-refractivity contribution >= 4 is 28.3 Å². The van der Waals surface area contributed by atoms with Crippen molar-refractivity contribution in [3.8, 4) is 0 Å². The number of fused-ring (bicyclic) bond motifs is 3. The third-order valence-corrected chi connectivity index (χ3v) is 4.59. The molecule has 0 bridgehead atoms. The average molecular weight is 353 g/mol. The van der Waals surface area contributed by atoms with E-state index in [1.165, 1.54) is 6.33 Å². The molecule has 1 aliphatic heterocycles. The predicted octanol–water partition coefficient (Wildman–Crippen LogP) is 2.61. The molecule has 1 amide bonds. The highest BCUT2D eigenvalue weighted by Gasteiger charge is 2.24. The summed E-state index contributed by atoms with van der Waals surface area (Å²) in [4.78, 5) is 21.9.